The average Bonchev–Trinajstić information content (AvgIpc) is 2.27. The Morgan fingerprint density at radius 1 is 1.25 bits per heavy atom. The van der Waals surface area contributed by atoms with E-state index in [1.807, 2.05) is 0 Å². The van der Waals surface area contributed by atoms with Crippen molar-refractivity contribution in [2.75, 3.05) is 6.54 Å². The third-order valence-electron chi connectivity index (χ3n) is 2.93. The summed E-state index contributed by atoms with van der Waals surface area (Å²) >= 11 is 0. The first-order valence-electron chi connectivity index (χ1n) is 7.05. The molecule has 0 saturated carbocycles. The van der Waals surface area contributed by atoms with Gasteiger partial charge in [0.25, 0.3) is 0 Å². The van der Waals surface area contributed by atoms with Gasteiger partial charge in [-0.2, -0.15) is 0 Å². The second-order valence-electron chi connectivity index (χ2n) is 6.53. The van der Waals surface area contributed by atoms with Crippen LogP contribution in [0.4, 0.5) is 0 Å². The lowest BCUT2D eigenvalue weighted by atomic mass is 9.93. The second-order valence-corrected chi connectivity index (χ2v) is 6.53. The predicted octanol–water partition coefficient (Wildman–Crippen LogP) is 1.54. The van der Waals surface area contributed by atoms with Crippen LogP contribution in [0.5, 0.6) is 0 Å². The first-order chi connectivity index (χ1) is 9.00. The molecule has 0 radical (unpaired) electrons. The molecule has 0 spiro atoms. The van der Waals surface area contributed by atoms with Crippen LogP contribution < -0.4 is 15.7 Å². The Morgan fingerprint density at radius 3 is 2.25 bits per heavy atom. The van der Waals surface area contributed by atoms with Gasteiger partial charge < -0.3 is 15.7 Å². The lowest BCUT2D eigenvalue weighted by Crippen LogP contribution is -2.54. The summed E-state index contributed by atoms with van der Waals surface area (Å²) < 4.78 is 0. The maximum absolute atomic E-state index is 12.1. The Morgan fingerprint density at radius 2 is 1.80 bits per heavy atom. The zero-order valence-electron chi connectivity index (χ0n) is 13.5. The summed E-state index contributed by atoms with van der Waals surface area (Å²) in [5.41, 5.74) is -1.31. The first kappa shape index (κ1) is 18.6. The fraction of sp³-hybridized carbons (Fsp3) is 0.733. The fourth-order valence-electron chi connectivity index (χ4n) is 1.32. The predicted molar refractivity (Wildman–Crippen MR) is 80.4 cm³/mol. The lowest BCUT2D eigenvalue weighted by molar-refractivity contribution is -0.322. The smallest absolute Gasteiger partial charge is 0.245 e. The highest BCUT2D eigenvalue weighted by atomic mass is 16.3. The number of hydrogen-bond acceptors (Lipinski definition) is 4. The molecule has 5 nitrogen and oxygen atoms in total. The largest absolute Gasteiger partial charge is 0.875 e. The van der Waals surface area contributed by atoms with Gasteiger partial charge in [-0.3, -0.25) is 10.2 Å². The number of amides is 1. The van der Waals surface area contributed by atoms with Crippen molar-refractivity contribution in [2.24, 2.45) is 5.41 Å². The van der Waals surface area contributed by atoms with Crippen LogP contribution in [0, 0.1) is 10.8 Å². The molecule has 0 aromatic heterocycles. The minimum Gasteiger partial charge on any atom is -0.875 e. The molecule has 1 amide bonds. The number of rotatable bonds is 6. The topological polar surface area (TPSA) is 88.0 Å². The van der Waals surface area contributed by atoms with Gasteiger partial charge in [-0.1, -0.05) is 34.1 Å². The molecule has 0 aliphatic carbocycles. The van der Waals surface area contributed by atoms with Gasteiger partial charge in [0.1, 0.15) is 5.84 Å². The Balaban J connectivity index is 4.56. The maximum Gasteiger partial charge on any atom is 0.245 e. The molecule has 0 aliphatic rings. The van der Waals surface area contributed by atoms with Crippen molar-refractivity contribution in [1.82, 2.24) is 10.6 Å². The molecule has 5 heteroatoms. The number of nitrogens with one attached hydrogen (secondary N) is 3. The highest BCUT2D eigenvalue weighted by Gasteiger charge is 2.26. The quantitative estimate of drug-likeness (QED) is 0.299. The van der Waals surface area contributed by atoms with Crippen molar-refractivity contribution in [3.63, 3.8) is 0 Å². The van der Waals surface area contributed by atoms with E-state index < -0.39 is 11.0 Å². The van der Waals surface area contributed by atoms with Crippen LogP contribution in [0.15, 0.2) is 11.8 Å². The van der Waals surface area contributed by atoms with E-state index in [0.29, 0.717) is 0 Å². The van der Waals surface area contributed by atoms with Gasteiger partial charge in [-0.25, -0.2) is 0 Å². The Bertz CT molecular complexity index is 379. The van der Waals surface area contributed by atoms with Crippen molar-refractivity contribution in [1.29, 1.82) is 5.41 Å². The van der Waals surface area contributed by atoms with Gasteiger partial charge in [0.15, 0.2) is 0 Å². The number of unbranched alkanes of at least 4 members (excludes halogenated alkanes) is 1. The summed E-state index contributed by atoms with van der Waals surface area (Å²) in [6.07, 6.45) is 3.21. The van der Waals surface area contributed by atoms with Crippen molar-refractivity contribution in [2.45, 2.75) is 59.9 Å². The van der Waals surface area contributed by atoms with Crippen LogP contribution in [0.3, 0.4) is 0 Å². The summed E-state index contributed by atoms with van der Waals surface area (Å²) in [6, 6.07) is 0. The van der Waals surface area contributed by atoms with Crippen molar-refractivity contribution in [3.8, 4) is 0 Å². The number of allylic oxidation sites excluding steroid dienone is 1. The van der Waals surface area contributed by atoms with Crippen molar-refractivity contribution < 1.29 is 9.90 Å². The Hall–Kier alpha value is -1.36. The van der Waals surface area contributed by atoms with Crippen LogP contribution in [0.2, 0.25) is 0 Å². The number of carbonyl (C=O) groups excluding carboxylic acids is 1. The highest BCUT2D eigenvalue weighted by Crippen LogP contribution is 2.19. The Kier molecular flexibility index (Phi) is 6.92. The maximum atomic E-state index is 12.1. The second kappa shape index (κ2) is 7.43. The molecule has 0 saturated heterocycles. The van der Waals surface area contributed by atoms with Gasteiger partial charge in [-0.15, -0.1) is 5.76 Å². The molecule has 0 fully saturated rings. The van der Waals surface area contributed by atoms with Gasteiger partial charge in [-0.05, 0) is 38.3 Å². The van der Waals surface area contributed by atoms with Gasteiger partial charge >= 0.3 is 0 Å². The zero-order valence-corrected chi connectivity index (χ0v) is 13.5. The molecular weight excluding hydrogens is 254 g/mol. The minimum atomic E-state index is -0.764. The summed E-state index contributed by atoms with van der Waals surface area (Å²) in [5.74, 6) is -0.656. The molecule has 20 heavy (non-hydrogen) atoms. The van der Waals surface area contributed by atoms with Crippen LogP contribution in [-0.2, 0) is 4.79 Å². The SMILES string of the molecule is CCCCNC(C)(C)C(=O)NC(=N)/C=C(\[O-])C(C)(C)C. The molecule has 0 rings (SSSR count). The van der Waals surface area contributed by atoms with E-state index >= 15 is 0 Å². The van der Waals surface area contributed by atoms with E-state index in [2.05, 4.69) is 17.6 Å². The van der Waals surface area contributed by atoms with Crippen molar-refractivity contribution >= 4 is 11.7 Å². The molecule has 0 aromatic carbocycles. The van der Waals surface area contributed by atoms with E-state index in [9.17, 15) is 9.90 Å². The molecule has 0 aromatic rings. The van der Waals surface area contributed by atoms with Gasteiger partial charge in [0.2, 0.25) is 5.91 Å². The lowest BCUT2D eigenvalue weighted by Gasteiger charge is -2.29. The van der Waals surface area contributed by atoms with Gasteiger partial charge in [0, 0.05) is 0 Å². The normalized spacial score (nSPS) is 13.2. The Labute approximate surface area is 122 Å². The van der Waals surface area contributed by atoms with E-state index in [1.54, 1.807) is 34.6 Å². The third kappa shape index (κ3) is 6.70. The number of hydrogen-bond donors (Lipinski definition) is 3. The standard InChI is InChI=1S/C15H29N3O2/c1-7-8-9-17-15(5,6)13(20)18-12(16)10-11(19)14(2,3)4/h10,17,19H,7-9H2,1-6H3,(H2,16,18,20)/p-1/b11-10-. The van der Waals surface area contributed by atoms with E-state index in [-0.39, 0.29) is 17.5 Å². The minimum absolute atomic E-state index is 0.166. The van der Waals surface area contributed by atoms with E-state index in [1.165, 1.54) is 6.08 Å². The summed E-state index contributed by atoms with van der Waals surface area (Å²) in [4.78, 5) is 12.1. The van der Waals surface area contributed by atoms with Crippen LogP contribution in [-0.4, -0.2) is 23.8 Å². The zero-order chi connectivity index (χ0) is 16.0. The summed E-state index contributed by atoms with van der Waals surface area (Å²) in [7, 11) is 0. The summed E-state index contributed by atoms with van der Waals surface area (Å²) in [6.45, 7) is 11.7. The average molecular weight is 282 g/mol. The van der Waals surface area contributed by atoms with E-state index in [4.69, 9.17) is 5.41 Å². The number of carbonyl (C=O) groups is 1. The molecule has 116 valence electrons. The molecule has 0 aliphatic heterocycles. The van der Waals surface area contributed by atoms with Crippen LogP contribution >= 0.6 is 0 Å². The van der Waals surface area contributed by atoms with Crippen LogP contribution in [0.25, 0.3) is 0 Å². The molecule has 0 heterocycles. The number of amidine groups is 1. The third-order valence-corrected chi connectivity index (χ3v) is 2.93. The fourth-order valence-corrected chi connectivity index (χ4v) is 1.32. The first-order valence-corrected chi connectivity index (χ1v) is 7.05. The molecular formula is C15H28N3O2-. The van der Waals surface area contributed by atoms with E-state index in [0.717, 1.165) is 19.4 Å². The van der Waals surface area contributed by atoms with Crippen molar-refractivity contribution in [3.05, 3.63) is 11.8 Å². The monoisotopic (exact) mass is 282 g/mol. The molecule has 0 unspecified atom stereocenters. The summed E-state index contributed by atoms with van der Waals surface area (Å²) in [5, 5.41) is 25.0. The van der Waals surface area contributed by atoms with Gasteiger partial charge in [0.05, 0.1) is 5.54 Å². The molecule has 0 atom stereocenters. The highest BCUT2D eigenvalue weighted by molar-refractivity contribution is 6.05. The molecule has 3 N–H and O–H groups in total. The van der Waals surface area contributed by atoms with Crippen LogP contribution in [0.1, 0.15) is 54.4 Å². The molecule has 0 bridgehead atoms.